The highest BCUT2D eigenvalue weighted by Gasteiger charge is 2.08. The highest BCUT2D eigenvalue weighted by atomic mass is 19.1. The van der Waals surface area contributed by atoms with E-state index in [9.17, 15) is 18.0 Å². The molecule has 0 N–H and O–H groups in total. The Morgan fingerprint density at radius 3 is 2.38 bits per heavy atom. The van der Waals surface area contributed by atoms with Crippen LogP contribution in [0.4, 0.5) is 13.2 Å². The highest BCUT2D eigenvalue weighted by Crippen LogP contribution is 2.13. The first kappa shape index (κ1) is 12.1. The summed E-state index contributed by atoms with van der Waals surface area (Å²) in [5.74, 6) is 0.493. The molecule has 0 amide bonds. The van der Waals surface area contributed by atoms with Crippen molar-refractivity contribution in [3.05, 3.63) is 35.1 Å². The fourth-order valence-electron chi connectivity index (χ4n) is 0.939. The average molecular weight is 228 g/mol. The van der Waals surface area contributed by atoms with Crippen LogP contribution >= 0.6 is 0 Å². The molecule has 1 rings (SSSR count). The van der Waals surface area contributed by atoms with Gasteiger partial charge in [0.1, 0.15) is 23.9 Å². The highest BCUT2D eigenvalue weighted by molar-refractivity contribution is 5.72. The van der Waals surface area contributed by atoms with Gasteiger partial charge in [0, 0.05) is 12.1 Å². The van der Waals surface area contributed by atoms with Gasteiger partial charge in [-0.05, 0) is 0 Å². The van der Waals surface area contributed by atoms with Crippen molar-refractivity contribution in [2.75, 3.05) is 7.11 Å². The average Bonchev–Trinajstić information content (AvgIpc) is 2.21. The van der Waals surface area contributed by atoms with Crippen LogP contribution in [0.15, 0.2) is 12.1 Å². The molecule has 0 aliphatic heterocycles. The number of halogens is 3. The number of hydrogen-bond acceptors (Lipinski definition) is 2. The van der Waals surface area contributed by atoms with Gasteiger partial charge in [-0.1, -0.05) is 11.8 Å². The Morgan fingerprint density at radius 2 is 1.88 bits per heavy atom. The fourth-order valence-corrected chi connectivity index (χ4v) is 0.939. The molecule has 0 atom stereocenters. The van der Waals surface area contributed by atoms with Gasteiger partial charge in [-0.3, -0.25) is 4.79 Å². The molecule has 1 aromatic rings. The Hall–Kier alpha value is -1.96. The van der Waals surface area contributed by atoms with Gasteiger partial charge in [-0.25, -0.2) is 13.2 Å². The Kier molecular flexibility index (Phi) is 3.95. The summed E-state index contributed by atoms with van der Waals surface area (Å²) in [5.41, 5.74) is -0.565. The van der Waals surface area contributed by atoms with Crippen molar-refractivity contribution in [1.29, 1.82) is 0 Å². The van der Waals surface area contributed by atoms with Gasteiger partial charge in [0.15, 0.2) is 0 Å². The molecule has 0 saturated carbocycles. The Bertz CT molecular complexity index is 449. The number of hydrogen-bond donors (Lipinski definition) is 0. The van der Waals surface area contributed by atoms with E-state index in [1.165, 1.54) is 7.11 Å². The molecule has 0 radical (unpaired) electrons. The Morgan fingerprint density at radius 1 is 1.31 bits per heavy atom. The maximum absolute atomic E-state index is 13.0. The van der Waals surface area contributed by atoms with Gasteiger partial charge in [0.2, 0.25) is 0 Å². The lowest BCUT2D eigenvalue weighted by molar-refractivity contribution is -0.139. The smallest absolute Gasteiger partial charge is 0.317 e. The van der Waals surface area contributed by atoms with Gasteiger partial charge >= 0.3 is 5.97 Å². The molecule has 2 nitrogen and oxygen atoms in total. The number of rotatable bonds is 1. The van der Waals surface area contributed by atoms with Crippen molar-refractivity contribution in [3.63, 3.8) is 0 Å². The fraction of sp³-hybridized carbons (Fsp3) is 0.182. The minimum Gasteiger partial charge on any atom is -0.468 e. The summed E-state index contributed by atoms with van der Waals surface area (Å²) in [7, 11) is 1.17. The van der Waals surface area contributed by atoms with Gasteiger partial charge in [0.05, 0.1) is 12.7 Å². The van der Waals surface area contributed by atoms with Crippen molar-refractivity contribution in [3.8, 4) is 11.8 Å². The van der Waals surface area contributed by atoms with Crippen LogP contribution in [0.5, 0.6) is 0 Å². The summed E-state index contributed by atoms with van der Waals surface area (Å²) < 4.78 is 42.8. The molecular formula is C11H7F3O2. The van der Waals surface area contributed by atoms with Crippen LogP contribution < -0.4 is 0 Å². The lowest BCUT2D eigenvalue weighted by Gasteiger charge is -1.97. The van der Waals surface area contributed by atoms with Crippen molar-refractivity contribution in [1.82, 2.24) is 0 Å². The minimum absolute atomic E-state index is 0.285. The molecule has 5 heteroatoms. The molecule has 0 spiro atoms. The molecule has 0 fully saturated rings. The van der Waals surface area contributed by atoms with Crippen molar-refractivity contribution in [2.24, 2.45) is 0 Å². The summed E-state index contributed by atoms with van der Waals surface area (Å²) in [6.07, 6.45) is -0.285. The van der Waals surface area contributed by atoms with Crippen LogP contribution in [-0.2, 0) is 9.53 Å². The third-order valence-corrected chi connectivity index (χ3v) is 1.68. The van der Waals surface area contributed by atoms with E-state index in [-0.39, 0.29) is 6.42 Å². The maximum Gasteiger partial charge on any atom is 0.317 e. The van der Waals surface area contributed by atoms with E-state index >= 15 is 0 Å². The molecule has 0 bridgehead atoms. The molecule has 84 valence electrons. The minimum atomic E-state index is -1.10. The van der Waals surface area contributed by atoms with Crippen molar-refractivity contribution in [2.45, 2.75) is 6.42 Å². The second-order valence-electron chi connectivity index (χ2n) is 2.80. The normalized spacial score (nSPS) is 9.25. The van der Waals surface area contributed by atoms with Crippen molar-refractivity contribution >= 4 is 5.97 Å². The van der Waals surface area contributed by atoms with Crippen molar-refractivity contribution < 1.29 is 22.7 Å². The number of carbonyl (C=O) groups excluding carboxylic acids is 1. The monoisotopic (exact) mass is 228 g/mol. The van der Waals surface area contributed by atoms with Gasteiger partial charge in [0.25, 0.3) is 0 Å². The summed E-state index contributed by atoms with van der Waals surface area (Å²) >= 11 is 0. The maximum atomic E-state index is 13.0. The third-order valence-electron chi connectivity index (χ3n) is 1.68. The van der Waals surface area contributed by atoms with Gasteiger partial charge < -0.3 is 4.74 Å². The van der Waals surface area contributed by atoms with Crippen LogP contribution in [-0.4, -0.2) is 13.1 Å². The van der Waals surface area contributed by atoms with E-state index in [0.717, 1.165) is 0 Å². The molecule has 1 aromatic carbocycles. The predicted octanol–water partition coefficient (Wildman–Crippen LogP) is 2.02. The summed E-state index contributed by atoms with van der Waals surface area (Å²) in [6, 6.07) is 1.04. The van der Waals surface area contributed by atoms with Crippen LogP contribution in [0.2, 0.25) is 0 Å². The van der Waals surface area contributed by atoms with Crippen LogP contribution in [0.3, 0.4) is 0 Å². The lowest BCUT2D eigenvalue weighted by Crippen LogP contribution is -1.97. The van der Waals surface area contributed by atoms with E-state index in [2.05, 4.69) is 16.6 Å². The van der Waals surface area contributed by atoms with Crippen LogP contribution in [0.25, 0.3) is 0 Å². The molecule has 0 aliphatic carbocycles. The topological polar surface area (TPSA) is 26.3 Å². The summed E-state index contributed by atoms with van der Waals surface area (Å²) in [6.45, 7) is 0. The largest absolute Gasteiger partial charge is 0.468 e. The SMILES string of the molecule is COC(=O)CC#Cc1c(F)cc(F)cc1F. The van der Waals surface area contributed by atoms with E-state index in [1.807, 2.05) is 0 Å². The second-order valence-corrected chi connectivity index (χ2v) is 2.80. The first-order chi connectivity index (χ1) is 7.54. The quantitative estimate of drug-likeness (QED) is 0.543. The summed E-state index contributed by atoms with van der Waals surface area (Å²) in [5, 5.41) is 0. The summed E-state index contributed by atoms with van der Waals surface area (Å²) in [4.78, 5) is 10.7. The van der Waals surface area contributed by atoms with Gasteiger partial charge in [-0.15, -0.1) is 0 Å². The zero-order chi connectivity index (χ0) is 12.1. The number of methoxy groups -OCH3 is 1. The molecule has 0 saturated heterocycles. The van der Waals surface area contributed by atoms with E-state index in [4.69, 9.17) is 0 Å². The molecule has 16 heavy (non-hydrogen) atoms. The third kappa shape index (κ3) is 3.02. The van der Waals surface area contributed by atoms with E-state index < -0.39 is 29.0 Å². The van der Waals surface area contributed by atoms with Crippen LogP contribution in [0, 0.1) is 29.3 Å². The number of esters is 1. The number of benzene rings is 1. The molecular weight excluding hydrogens is 221 g/mol. The first-order valence-corrected chi connectivity index (χ1v) is 4.25. The Balaban J connectivity index is 2.93. The molecule has 0 heterocycles. The molecule has 0 aliphatic rings. The predicted molar refractivity (Wildman–Crippen MR) is 49.8 cm³/mol. The van der Waals surface area contributed by atoms with Crippen LogP contribution in [0.1, 0.15) is 12.0 Å². The van der Waals surface area contributed by atoms with E-state index in [0.29, 0.717) is 12.1 Å². The molecule has 0 aromatic heterocycles. The van der Waals surface area contributed by atoms with E-state index in [1.54, 1.807) is 0 Å². The Labute approximate surface area is 90.0 Å². The molecule has 0 unspecified atom stereocenters. The zero-order valence-corrected chi connectivity index (χ0v) is 8.31. The first-order valence-electron chi connectivity index (χ1n) is 4.25. The second kappa shape index (κ2) is 5.21. The van der Waals surface area contributed by atoms with Gasteiger partial charge in [-0.2, -0.15) is 0 Å². The standard InChI is InChI=1S/C11H7F3O2/c1-16-11(15)4-2-3-8-9(13)5-7(12)6-10(8)14/h5-6H,4H2,1H3. The lowest BCUT2D eigenvalue weighted by atomic mass is 10.2. The zero-order valence-electron chi connectivity index (χ0n) is 8.31. The number of ether oxygens (including phenoxy) is 1. The number of carbonyl (C=O) groups is 1.